The Morgan fingerprint density at radius 2 is 1.89 bits per heavy atom. The van der Waals surface area contributed by atoms with Crippen LogP contribution >= 0.6 is 0 Å². The van der Waals surface area contributed by atoms with Crippen molar-refractivity contribution in [2.75, 3.05) is 18.0 Å². The molecular weight excluding hydrogens is 229 g/mol. The second-order valence-corrected chi connectivity index (χ2v) is 4.86. The van der Waals surface area contributed by atoms with E-state index in [0.717, 1.165) is 37.4 Å². The zero-order valence-corrected chi connectivity index (χ0v) is 11.3. The Balaban J connectivity index is 2.22. The average molecular weight is 251 g/mol. The average Bonchev–Trinajstić information content (AvgIpc) is 2.91. The summed E-state index contributed by atoms with van der Waals surface area (Å²) < 4.78 is 19.4. The quantitative estimate of drug-likeness (QED) is 0.784. The Kier molecular flexibility index (Phi) is 4.45. The predicted octanol–water partition coefficient (Wildman–Crippen LogP) is 3.99. The molecule has 2 nitrogen and oxygen atoms in total. The number of anilines is 1. The molecule has 0 N–H and O–H groups in total. The van der Waals surface area contributed by atoms with E-state index in [1.54, 1.807) is 12.1 Å². The Hall–Kier alpha value is -1.25. The highest BCUT2D eigenvalue weighted by molar-refractivity contribution is 5.59. The monoisotopic (exact) mass is 251 g/mol. The van der Waals surface area contributed by atoms with E-state index in [2.05, 4.69) is 18.7 Å². The van der Waals surface area contributed by atoms with Crippen LogP contribution in [0.5, 0.6) is 5.75 Å². The molecule has 0 amide bonds. The van der Waals surface area contributed by atoms with Crippen molar-refractivity contribution in [3.05, 3.63) is 24.0 Å². The minimum absolute atomic E-state index is 0.186. The van der Waals surface area contributed by atoms with Gasteiger partial charge in [0.2, 0.25) is 0 Å². The van der Waals surface area contributed by atoms with Gasteiger partial charge in [0.25, 0.3) is 0 Å². The van der Waals surface area contributed by atoms with Crippen molar-refractivity contribution in [3.8, 4) is 5.75 Å². The summed E-state index contributed by atoms with van der Waals surface area (Å²) in [7, 11) is 0. The van der Waals surface area contributed by atoms with E-state index in [1.165, 1.54) is 18.9 Å². The van der Waals surface area contributed by atoms with Crippen LogP contribution in [0.3, 0.4) is 0 Å². The summed E-state index contributed by atoms with van der Waals surface area (Å²) in [6.07, 6.45) is 4.54. The molecule has 1 aromatic carbocycles. The Morgan fingerprint density at radius 3 is 2.50 bits per heavy atom. The van der Waals surface area contributed by atoms with Gasteiger partial charge in [0.1, 0.15) is 11.6 Å². The van der Waals surface area contributed by atoms with Crippen LogP contribution < -0.4 is 9.64 Å². The van der Waals surface area contributed by atoms with Gasteiger partial charge in [-0.05, 0) is 37.8 Å². The minimum atomic E-state index is -0.186. The first kappa shape index (κ1) is 13.2. The van der Waals surface area contributed by atoms with Gasteiger partial charge < -0.3 is 9.64 Å². The molecule has 1 aromatic rings. The van der Waals surface area contributed by atoms with E-state index in [9.17, 15) is 4.39 Å². The van der Waals surface area contributed by atoms with Crippen LogP contribution in [0.2, 0.25) is 0 Å². The first-order valence-corrected chi connectivity index (χ1v) is 6.95. The first-order valence-electron chi connectivity index (χ1n) is 6.95. The molecule has 1 fully saturated rings. The fourth-order valence-electron chi connectivity index (χ4n) is 2.43. The van der Waals surface area contributed by atoms with Crippen molar-refractivity contribution >= 4 is 5.69 Å². The number of hydrogen-bond donors (Lipinski definition) is 0. The van der Waals surface area contributed by atoms with Crippen molar-refractivity contribution in [1.29, 1.82) is 0 Å². The number of rotatable bonds is 5. The Labute approximate surface area is 109 Å². The number of hydrogen-bond acceptors (Lipinski definition) is 2. The summed E-state index contributed by atoms with van der Waals surface area (Å²) in [5.74, 6) is 0.640. The molecule has 0 saturated carbocycles. The van der Waals surface area contributed by atoms with E-state index < -0.39 is 0 Å². The molecule has 1 heterocycles. The van der Waals surface area contributed by atoms with E-state index in [1.807, 2.05) is 0 Å². The third-order valence-electron chi connectivity index (χ3n) is 3.57. The van der Waals surface area contributed by atoms with Gasteiger partial charge in [0.15, 0.2) is 0 Å². The lowest BCUT2D eigenvalue weighted by molar-refractivity contribution is 0.193. The Morgan fingerprint density at radius 1 is 1.22 bits per heavy atom. The van der Waals surface area contributed by atoms with Crippen molar-refractivity contribution < 1.29 is 9.13 Å². The van der Waals surface area contributed by atoms with E-state index in [4.69, 9.17) is 4.74 Å². The second kappa shape index (κ2) is 6.07. The third-order valence-corrected chi connectivity index (χ3v) is 3.57. The zero-order chi connectivity index (χ0) is 13.0. The minimum Gasteiger partial charge on any atom is -0.488 e. The fourth-order valence-corrected chi connectivity index (χ4v) is 2.43. The summed E-state index contributed by atoms with van der Waals surface area (Å²) in [4.78, 5) is 2.22. The normalized spacial score (nSPS) is 15.4. The molecule has 18 heavy (non-hydrogen) atoms. The molecule has 0 aliphatic carbocycles. The van der Waals surface area contributed by atoms with Gasteiger partial charge in [-0.1, -0.05) is 13.8 Å². The van der Waals surface area contributed by atoms with Crippen molar-refractivity contribution in [2.24, 2.45) is 0 Å². The number of ether oxygens (including phenoxy) is 1. The zero-order valence-electron chi connectivity index (χ0n) is 11.3. The summed E-state index contributed by atoms with van der Waals surface area (Å²) in [6.45, 7) is 6.24. The van der Waals surface area contributed by atoms with Crippen LogP contribution in [0.25, 0.3) is 0 Å². The largest absolute Gasteiger partial charge is 0.488 e. The van der Waals surface area contributed by atoms with Gasteiger partial charge in [0.05, 0.1) is 11.8 Å². The molecule has 3 heteroatoms. The van der Waals surface area contributed by atoms with Crippen LogP contribution in [0.1, 0.15) is 39.5 Å². The maximum absolute atomic E-state index is 13.4. The molecule has 1 aliphatic rings. The third kappa shape index (κ3) is 2.95. The lowest BCUT2D eigenvalue weighted by atomic mass is 10.2. The summed E-state index contributed by atoms with van der Waals surface area (Å²) in [5.41, 5.74) is 0.916. The molecule has 100 valence electrons. The maximum atomic E-state index is 13.4. The standard InChI is InChI=1S/C15H22FNO/c1-3-13(4-2)18-15-8-7-12(16)11-14(15)17-9-5-6-10-17/h7-8,11,13H,3-6,9-10H2,1-2H3. The second-order valence-electron chi connectivity index (χ2n) is 4.86. The van der Waals surface area contributed by atoms with Crippen LogP contribution in [-0.4, -0.2) is 19.2 Å². The van der Waals surface area contributed by atoms with Crippen LogP contribution in [-0.2, 0) is 0 Å². The smallest absolute Gasteiger partial charge is 0.143 e. The molecule has 2 rings (SSSR count). The topological polar surface area (TPSA) is 12.5 Å². The van der Waals surface area contributed by atoms with Crippen molar-refractivity contribution in [2.45, 2.75) is 45.6 Å². The fraction of sp³-hybridized carbons (Fsp3) is 0.600. The van der Waals surface area contributed by atoms with Gasteiger partial charge in [0, 0.05) is 19.2 Å². The SMILES string of the molecule is CCC(CC)Oc1ccc(F)cc1N1CCCC1. The summed E-state index contributed by atoms with van der Waals surface area (Å²) in [5, 5.41) is 0. The van der Waals surface area contributed by atoms with Gasteiger partial charge in [-0.2, -0.15) is 0 Å². The molecule has 0 aromatic heterocycles. The molecule has 0 bridgehead atoms. The predicted molar refractivity (Wildman–Crippen MR) is 72.8 cm³/mol. The van der Waals surface area contributed by atoms with Gasteiger partial charge in [-0.3, -0.25) is 0 Å². The first-order chi connectivity index (χ1) is 8.74. The van der Waals surface area contributed by atoms with Crippen molar-refractivity contribution in [3.63, 3.8) is 0 Å². The van der Waals surface area contributed by atoms with Gasteiger partial charge >= 0.3 is 0 Å². The number of benzene rings is 1. The van der Waals surface area contributed by atoms with Crippen molar-refractivity contribution in [1.82, 2.24) is 0 Å². The summed E-state index contributed by atoms with van der Waals surface area (Å²) >= 11 is 0. The highest BCUT2D eigenvalue weighted by Gasteiger charge is 2.18. The molecule has 1 aliphatic heterocycles. The van der Waals surface area contributed by atoms with E-state index >= 15 is 0 Å². The lowest BCUT2D eigenvalue weighted by Gasteiger charge is -2.24. The number of halogens is 1. The van der Waals surface area contributed by atoms with E-state index in [-0.39, 0.29) is 11.9 Å². The van der Waals surface area contributed by atoms with Crippen LogP contribution in [0.4, 0.5) is 10.1 Å². The molecule has 0 unspecified atom stereocenters. The van der Waals surface area contributed by atoms with E-state index in [0.29, 0.717) is 0 Å². The highest BCUT2D eigenvalue weighted by Crippen LogP contribution is 2.33. The van der Waals surface area contributed by atoms with Gasteiger partial charge in [-0.15, -0.1) is 0 Å². The van der Waals surface area contributed by atoms with Gasteiger partial charge in [-0.25, -0.2) is 4.39 Å². The highest BCUT2D eigenvalue weighted by atomic mass is 19.1. The molecule has 1 saturated heterocycles. The molecular formula is C15H22FNO. The molecule has 0 spiro atoms. The van der Waals surface area contributed by atoms with Crippen LogP contribution in [0, 0.1) is 5.82 Å². The van der Waals surface area contributed by atoms with Crippen LogP contribution in [0.15, 0.2) is 18.2 Å². The number of nitrogens with zero attached hydrogens (tertiary/aromatic N) is 1. The molecule has 0 radical (unpaired) electrons. The summed E-state index contributed by atoms with van der Waals surface area (Å²) in [6, 6.07) is 4.85. The maximum Gasteiger partial charge on any atom is 0.143 e. The lowest BCUT2D eigenvalue weighted by Crippen LogP contribution is -2.21. The molecule has 0 atom stereocenters. The Bertz CT molecular complexity index is 384.